The molecule has 1 aromatic rings. The number of hydrogen-bond acceptors (Lipinski definition) is 3. The third kappa shape index (κ3) is 3.07. The van der Waals surface area contributed by atoms with Gasteiger partial charge in [-0.1, -0.05) is 18.2 Å². The van der Waals surface area contributed by atoms with E-state index in [0.717, 1.165) is 31.5 Å². The number of rotatable bonds is 3. The smallest absolute Gasteiger partial charge is 0.224 e. The van der Waals surface area contributed by atoms with E-state index in [0.29, 0.717) is 0 Å². The predicted molar refractivity (Wildman–Crippen MR) is 78.0 cm³/mol. The Bertz CT molecular complexity index is 445. The first-order chi connectivity index (χ1) is 9.13. The second kappa shape index (κ2) is 6.06. The molecule has 0 aliphatic carbocycles. The third-order valence-corrected chi connectivity index (χ3v) is 3.81. The molecular formula is C15H23N3O. The van der Waals surface area contributed by atoms with Crippen LogP contribution in [0.15, 0.2) is 24.3 Å². The minimum atomic E-state index is 0.0107. The van der Waals surface area contributed by atoms with Crippen LogP contribution in [-0.2, 0) is 4.79 Å². The normalized spacial score (nSPS) is 21.0. The topological polar surface area (TPSA) is 58.4 Å². The first-order valence-electron chi connectivity index (χ1n) is 6.94. The van der Waals surface area contributed by atoms with E-state index >= 15 is 0 Å². The fourth-order valence-electron chi connectivity index (χ4n) is 2.77. The molecule has 1 saturated heterocycles. The summed E-state index contributed by atoms with van der Waals surface area (Å²) in [6.07, 6.45) is 2.02. The molecule has 4 nitrogen and oxygen atoms in total. The number of carbonyl (C=O) groups excluding carboxylic acids is 1. The van der Waals surface area contributed by atoms with Crippen LogP contribution < -0.4 is 16.0 Å². The zero-order valence-electron chi connectivity index (χ0n) is 11.7. The molecule has 1 aliphatic heterocycles. The molecule has 0 radical (unpaired) electrons. The van der Waals surface area contributed by atoms with Gasteiger partial charge in [0.15, 0.2) is 0 Å². The van der Waals surface area contributed by atoms with Crippen molar-refractivity contribution in [2.75, 3.05) is 25.0 Å². The van der Waals surface area contributed by atoms with Crippen LogP contribution in [-0.4, -0.2) is 26.0 Å². The van der Waals surface area contributed by atoms with Gasteiger partial charge in [-0.25, -0.2) is 0 Å². The molecule has 1 aromatic carbocycles. The van der Waals surface area contributed by atoms with Gasteiger partial charge in [-0.05, 0) is 31.4 Å². The quantitative estimate of drug-likeness (QED) is 0.870. The average molecular weight is 261 g/mol. The van der Waals surface area contributed by atoms with Gasteiger partial charge >= 0.3 is 0 Å². The van der Waals surface area contributed by atoms with Crippen molar-refractivity contribution >= 4 is 11.6 Å². The molecule has 1 fully saturated rings. The van der Waals surface area contributed by atoms with E-state index in [1.165, 1.54) is 5.69 Å². The van der Waals surface area contributed by atoms with Crippen LogP contribution in [0.5, 0.6) is 0 Å². The van der Waals surface area contributed by atoms with Crippen LogP contribution in [0.2, 0.25) is 0 Å². The van der Waals surface area contributed by atoms with Gasteiger partial charge in [0.25, 0.3) is 0 Å². The Hall–Kier alpha value is -1.55. The average Bonchev–Trinajstić information content (AvgIpc) is 2.46. The summed E-state index contributed by atoms with van der Waals surface area (Å²) in [7, 11) is 1.71. The van der Waals surface area contributed by atoms with Gasteiger partial charge in [-0.15, -0.1) is 0 Å². The van der Waals surface area contributed by atoms with Gasteiger partial charge in [-0.3, -0.25) is 4.79 Å². The van der Waals surface area contributed by atoms with Gasteiger partial charge in [0.05, 0.1) is 5.92 Å². The number of para-hydroxylation sites is 1. The van der Waals surface area contributed by atoms with E-state index < -0.39 is 0 Å². The molecule has 1 aliphatic rings. The highest BCUT2D eigenvalue weighted by molar-refractivity contribution is 5.79. The number of benzene rings is 1. The first-order valence-corrected chi connectivity index (χ1v) is 6.94. The minimum absolute atomic E-state index is 0.0107. The van der Waals surface area contributed by atoms with E-state index in [1.807, 2.05) is 19.1 Å². The van der Waals surface area contributed by atoms with Crippen LogP contribution in [0.1, 0.15) is 31.4 Å². The zero-order chi connectivity index (χ0) is 13.8. The van der Waals surface area contributed by atoms with Crippen LogP contribution in [0.25, 0.3) is 0 Å². The molecule has 1 amide bonds. The lowest BCUT2D eigenvalue weighted by Gasteiger charge is -2.35. The molecule has 2 rings (SSSR count). The molecule has 2 atom stereocenters. The lowest BCUT2D eigenvalue weighted by Crippen LogP contribution is -2.42. The van der Waals surface area contributed by atoms with Crippen LogP contribution in [0, 0.1) is 5.92 Å². The van der Waals surface area contributed by atoms with Crippen molar-refractivity contribution in [1.82, 2.24) is 5.32 Å². The van der Waals surface area contributed by atoms with Crippen molar-refractivity contribution in [2.24, 2.45) is 11.7 Å². The minimum Gasteiger partial charge on any atom is -0.370 e. The lowest BCUT2D eigenvalue weighted by molar-refractivity contribution is -0.124. The largest absolute Gasteiger partial charge is 0.370 e. The van der Waals surface area contributed by atoms with Gasteiger partial charge in [0, 0.05) is 31.9 Å². The summed E-state index contributed by atoms with van der Waals surface area (Å²) < 4.78 is 0. The second-order valence-corrected chi connectivity index (χ2v) is 5.25. The first kappa shape index (κ1) is 13.9. The van der Waals surface area contributed by atoms with Gasteiger partial charge in [-0.2, -0.15) is 0 Å². The molecule has 1 heterocycles. The summed E-state index contributed by atoms with van der Waals surface area (Å²) in [6.45, 7) is 3.78. The molecule has 0 bridgehead atoms. The fourth-order valence-corrected chi connectivity index (χ4v) is 2.77. The predicted octanol–water partition coefficient (Wildman–Crippen LogP) is 1.67. The van der Waals surface area contributed by atoms with Crippen molar-refractivity contribution in [2.45, 2.75) is 25.8 Å². The van der Waals surface area contributed by atoms with E-state index in [1.54, 1.807) is 7.05 Å². The number of nitrogens with one attached hydrogen (secondary N) is 1. The number of nitrogens with two attached hydrogens (primary N) is 1. The van der Waals surface area contributed by atoms with Crippen molar-refractivity contribution in [3.05, 3.63) is 29.8 Å². The SMILES string of the molecule is CNC(=O)C1CCCN(c2ccccc2[C@@H](C)N)C1. The molecule has 104 valence electrons. The van der Waals surface area contributed by atoms with Gasteiger partial charge < -0.3 is 16.0 Å². The van der Waals surface area contributed by atoms with E-state index in [-0.39, 0.29) is 17.9 Å². The number of nitrogens with zero attached hydrogens (tertiary/aromatic N) is 1. The third-order valence-electron chi connectivity index (χ3n) is 3.81. The van der Waals surface area contributed by atoms with E-state index in [4.69, 9.17) is 5.73 Å². The second-order valence-electron chi connectivity index (χ2n) is 5.25. The lowest BCUT2D eigenvalue weighted by atomic mass is 9.95. The summed E-state index contributed by atoms with van der Waals surface area (Å²) in [4.78, 5) is 14.1. The highest BCUT2D eigenvalue weighted by Crippen LogP contribution is 2.29. The van der Waals surface area contributed by atoms with Crippen LogP contribution >= 0.6 is 0 Å². The Labute approximate surface area is 115 Å². The zero-order valence-corrected chi connectivity index (χ0v) is 11.7. The molecule has 0 spiro atoms. The maximum absolute atomic E-state index is 11.8. The van der Waals surface area contributed by atoms with Crippen molar-refractivity contribution in [3.8, 4) is 0 Å². The summed E-state index contributed by atoms with van der Waals surface area (Å²) >= 11 is 0. The molecule has 3 N–H and O–H groups in total. The van der Waals surface area contributed by atoms with Crippen molar-refractivity contribution in [3.63, 3.8) is 0 Å². The summed E-state index contributed by atoms with van der Waals surface area (Å²) in [5.74, 6) is 0.225. The van der Waals surface area contributed by atoms with E-state index in [2.05, 4.69) is 22.3 Å². The molecule has 4 heteroatoms. The summed E-state index contributed by atoms with van der Waals surface area (Å²) in [6, 6.07) is 8.23. The van der Waals surface area contributed by atoms with E-state index in [9.17, 15) is 4.79 Å². The molecule has 0 aromatic heterocycles. The monoisotopic (exact) mass is 261 g/mol. The Morgan fingerprint density at radius 2 is 2.21 bits per heavy atom. The Balaban J connectivity index is 2.20. The number of amides is 1. The molecule has 19 heavy (non-hydrogen) atoms. The van der Waals surface area contributed by atoms with Crippen LogP contribution in [0.3, 0.4) is 0 Å². The Kier molecular flexibility index (Phi) is 4.43. The van der Waals surface area contributed by atoms with Crippen molar-refractivity contribution in [1.29, 1.82) is 0 Å². The molecule has 0 saturated carbocycles. The summed E-state index contributed by atoms with van der Waals surface area (Å²) in [5.41, 5.74) is 8.36. The molecule has 1 unspecified atom stereocenters. The standard InChI is InChI=1S/C15H23N3O/c1-11(16)13-7-3-4-8-14(13)18-9-5-6-12(10-18)15(19)17-2/h3-4,7-8,11-12H,5-6,9-10,16H2,1-2H3,(H,17,19)/t11-,12?/m1/s1. The highest BCUT2D eigenvalue weighted by atomic mass is 16.1. The maximum atomic E-state index is 11.8. The Morgan fingerprint density at radius 1 is 1.47 bits per heavy atom. The Morgan fingerprint density at radius 3 is 2.89 bits per heavy atom. The van der Waals surface area contributed by atoms with Gasteiger partial charge in [0.2, 0.25) is 5.91 Å². The molecular weight excluding hydrogens is 238 g/mol. The van der Waals surface area contributed by atoms with Crippen molar-refractivity contribution < 1.29 is 4.79 Å². The fraction of sp³-hybridized carbons (Fsp3) is 0.533. The number of piperidine rings is 1. The maximum Gasteiger partial charge on any atom is 0.224 e. The summed E-state index contributed by atoms with van der Waals surface area (Å²) in [5, 5.41) is 2.75. The van der Waals surface area contributed by atoms with Gasteiger partial charge in [0.1, 0.15) is 0 Å². The number of carbonyl (C=O) groups is 1. The van der Waals surface area contributed by atoms with Crippen LogP contribution in [0.4, 0.5) is 5.69 Å². The number of hydrogen-bond donors (Lipinski definition) is 2. The number of anilines is 1. The highest BCUT2D eigenvalue weighted by Gasteiger charge is 2.26.